The normalized spacial score (nSPS) is 10.2. The van der Waals surface area contributed by atoms with Gasteiger partial charge in [-0.25, -0.2) is 9.97 Å². The van der Waals surface area contributed by atoms with Gasteiger partial charge in [-0.2, -0.15) is 0 Å². The zero-order valence-electron chi connectivity index (χ0n) is 12.4. The number of rotatable bonds is 6. The Morgan fingerprint density at radius 3 is 2.52 bits per heavy atom. The standard InChI is InChI=1S/C16H20N4O/c1-3-9-17-15(21)13-10-18-16(19-11-13)20-14-8-6-5-7-12(14)4-2/h5-8,10-11H,3-4,9H2,1-2H3,(H,17,21)(H,18,19,20). The molecule has 0 fully saturated rings. The third-order valence-electron chi connectivity index (χ3n) is 3.09. The first-order chi connectivity index (χ1) is 10.2. The zero-order chi connectivity index (χ0) is 15.1. The molecule has 1 heterocycles. The summed E-state index contributed by atoms with van der Waals surface area (Å²) >= 11 is 0. The number of para-hydroxylation sites is 1. The van der Waals surface area contributed by atoms with Crippen molar-refractivity contribution in [3.05, 3.63) is 47.8 Å². The van der Waals surface area contributed by atoms with E-state index in [1.165, 1.54) is 18.0 Å². The predicted molar refractivity (Wildman–Crippen MR) is 83.8 cm³/mol. The van der Waals surface area contributed by atoms with Crippen molar-refractivity contribution in [1.82, 2.24) is 15.3 Å². The van der Waals surface area contributed by atoms with Crippen LogP contribution < -0.4 is 10.6 Å². The topological polar surface area (TPSA) is 66.9 Å². The second-order valence-corrected chi connectivity index (χ2v) is 4.69. The molecule has 2 aromatic rings. The summed E-state index contributed by atoms with van der Waals surface area (Å²) in [6.45, 7) is 4.76. The summed E-state index contributed by atoms with van der Waals surface area (Å²) in [7, 11) is 0. The van der Waals surface area contributed by atoms with Crippen molar-refractivity contribution in [2.45, 2.75) is 26.7 Å². The Morgan fingerprint density at radius 1 is 1.14 bits per heavy atom. The number of carbonyl (C=O) groups excluding carboxylic acids is 1. The molecule has 21 heavy (non-hydrogen) atoms. The lowest BCUT2D eigenvalue weighted by Crippen LogP contribution is -2.24. The van der Waals surface area contributed by atoms with Crippen LogP contribution in [-0.2, 0) is 6.42 Å². The van der Waals surface area contributed by atoms with Crippen molar-refractivity contribution >= 4 is 17.5 Å². The number of hydrogen-bond donors (Lipinski definition) is 2. The summed E-state index contributed by atoms with van der Waals surface area (Å²) < 4.78 is 0. The van der Waals surface area contributed by atoms with Crippen molar-refractivity contribution in [3.63, 3.8) is 0 Å². The molecule has 1 aromatic carbocycles. The van der Waals surface area contributed by atoms with Crippen molar-refractivity contribution in [2.75, 3.05) is 11.9 Å². The van der Waals surface area contributed by atoms with Gasteiger partial charge >= 0.3 is 0 Å². The van der Waals surface area contributed by atoms with Crippen LogP contribution >= 0.6 is 0 Å². The summed E-state index contributed by atoms with van der Waals surface area (Å²) in [5.74, 6) is 0.347. The lowest BCUT2D eigenvalue weighted by Gasteiger charge is -2.09. The smallest absolute Gasteiger partial charge is 0.254 e. The van der Waals surface area contributed by atoms with Crippen LogP contribution in [0.15, 0.2) is 36.7 Å². The molecule has 0 aliphatic rings. The van der Waals surface area contributed by atoms with Crippen LogP contribution in [0.5, 0.6) is 0 Å². The lowest BCUT2D eigenvalue weighted by molar-refractivity contribution is 0.0953. The molecule has 0 aliphatic carbocycles. The van der Waals surface area contributed by atoms with Crippen LogP contribution in [0.4, 0.5) is 11.6 Å². The number of nitrogens with zero attached hydrogens (tertiary/aromatic N) is 2. The highest BCUT2D eigenvalue weighted by molar-refractivity contribution is 5.93. The van der Waals surface area contributed by atoms with Crippen LogP contribution in [0, 0.1) is 0 Å². The lowest BCUT2D eigenvalue weighted by atomic mass is 10.1. The van der Waals surface area contributed by atoms with Crippen LogP contribution in [0.3, 0.4) is 0 Å². The maximum absolute atomic E-state index is 11.8. The fraction of sp³-hybridized carbons (Fsp3) is 0.312. The first kappa shape index (κ1) is 15.0. The highest BCUT2D eigenvalue weighted by atomic mass is 16.1. The molecule has 5 heteroatoms. The third-order valence-corrected chi connectivity index (χ3v) is 3.09. The third kappa shape index (κ3) is 4.02. The highest BCUT2D eigenvalue weighted by Gasteiger charge is 2.07. The SMILES string of the molecule is CCCNC(=O)c1cnc(Nc2ccccc2CC)nc1. The second-order valence-electron chi connectivity index (χ2n) is 4.69. The van der Waals surface area contributed by atoms with Gasteiger partial charge in [-0.3, -0.25) is 4.79 Å². The minimum atomic E-state index is -0.141. The summed E-state index contributed by atoms with van der Waals surface area (Å²) in [6.07, 6.45) is 4.91. The average Bonchev–Trinajstić information content (AvgIpc) is 2.54. The number of aromatic nitrogens is 2. The van der Waals surface area contributed by atoms with Gasteiger partial charge in [0.05, 0.1) is 5.56 Å². The predicted octanol–water partition coefficient (Wildman–Crippen LogP) is 2.92. The Morgan fingerprint density at radius 2 is 1.86 bits per heavy atom. The Labute approximate surface area is 124 Å². The monoisotopic (exact) mass is 284 g/mol. The molecule has 0 atom stereocenters. The van der Waals surface area contributed by atoms with Crippen LogP contribution in [0.1, 0.15) is 36.2 Å². The van der Waals surface area contributed by atoms with E-state index in [1.807, 2.05) is 25.1 Å². The maximum Gasteiger partial charge on any atom is 0.254 e. The molecule has 5 nitrogen and oxygen atoms in total. The van der Waals surface area contributed by atoms with E-state index in [2.05, 4.69) is 33.6 Å². The number of hydrogen-bond acceptors (Lipinski definition) is 4. The maximum atomic E-state index is 11.8. The van der Waals surface area contributed by atoms with E-state index in [9.17, 15) is 4.79 Å². The number of amides is 1. The molecule has 0 bridgehead atoms. The van der Waals surface area contributed by atoms with Crippen molar-refractivity contribution < 1.29 is 4.79 Å². The second kappa shape index (κ2) is 7.38. The van der Waals surface area contributed by atoms with E-state index < -0.39 is 0 Å². The van der Waals surface area contributed by atoms with E-state index in [4.69, 9.17) is 0 Å². The zero-order valence-corrected chi connectivity index (χ0v) is 12.4. The number of benzene rings is 1. The molecular formula is C16H20N4O. The summed E-state index contributed by atoms with van der Waals surface area (Å²) in [4.78, 5) is 20.2. The Bertz CT molecular complexity index is 595. The quantitative estimate of drug-likeness (QED) is 0.856. The molecule has 0 unspecified atom stereocenters. The Hall–Kier alpha value is -2.43. The average molecular weight is 284 g/mol. The van der Waals surface area contributed by atoms with Crippen LogP contribution in [0.25, 0.3) is 0 Å². The molecule has 0 saturated heterocycles. The molecule has 0 aliphatic heterocycles. The van der Waals surface area contributed by atoms with Gasteiger partial charge in [0, 0.05) is 24.6 Å². The van der Waals surface area contributed by atoms with E-state index in [0.717, 1.165) is 18.5 Å². The molecule has 1 aromatic heterocycles. The van der Waals surface area contributed by atoms with E-state index in [1.54, 1.807) is 0 Å². The fourth-order valence-corrected chi connectivity index (χ4v) is 1.92. The van der Waals surface area contributed by atoms with Gasteiger partial charge < -0.3 is 10.6 Å². The van der Waals surface area contributed by atoms with Gasteiger partial charge in [-0.1, -0.05) is 32.0 Å². The molecule has 0 saturated carbocycles. The van der Waals surface area contributed by atoms with Gasteiger partial charge in [0.2, 0.25) is 5.95 Å². The number of aryl methyl sites for hydroxylation is 1. The molecular weight excluding hydrogens is 264 g/mol. The molecule has 2 rings (SSSR count). The first-order valence-corrected chi connectivity index (χ1v) is 7.19. The molecule has 2 N–H and O–H groups in total. The Balaban J connectivity index is 2.07. The molecule has 0 spiro atoms. The fourth-order valence-electron chi connectivity index (χ4n) is 1.92. The van der Waals surface area contributed by atoms with Gasteiger partial charge in [0.1, 0.15) is 0 Å². The van der Waals surface area contributed by atoms with Gasteiger partial charge in [0.15, 0.2) is 0 Å². The van der Waals surface area contributed by atoms with Gasteiger partial charge in [0.25, 0.3) is 5.91 Å². The van der Waals surface area contributed by atoms with Crippen molar-refractivity contribution in [3.8, 4) is 0 Å². The van der Waals surface area contributed by atoms with Crippen LogP contribution in [0.2, 0.25) is 0 Å². The molecule has 0 radical (unpaired) electrons. The molecule has 1 amide bonds. The largest absolute Gasteiger partial charge is 0.352 e. The highest BCUT2D eigenvalue weighted by Crippen LogP contribution is 2.18. The van der Waals surface area contributed by atoms with Gasteiger partial charge in [-0.05, 0) is 24.5 Å². The summed E-state index contributed by atoms with van der Waals surface area (Å²) in [5, 5.41) is 5.98. The summed E-state index contributed by atoms with van der Waals surface area (Å²) in [5.41, 5.74) is 2.66. The number of carbonyl (C=O) groups is 1. The summed E-state index contributed by atoms with van der Waals surface area (Å²) in [6, 6.07) is 8.03. The van der Waals surface area contributed by atoms with E-state index in [0.29, 0.717) is 18.1 Å². The van der Waals surface area contributed by atoms with Crippen molar-refractivity contribution in [2.24, 2.45) is 0 Å². The van der Waals surface area contributed by atoms with Gasteiger partial charge in [-0.15, -0.1) is 0 Å². The van der Waals surface area contributed by atoms with Crippen LogP contribution in [-0.4, -0.2) is 22.4 Å². The Kier molecular flexibility index (Phi) is 5.26. The van der Waals surface area contributed by atoms with E-state index >= 15 is 0 Å². The van der Waals surface area contributed by atoms with Crippen molar-refractivity contribution in [1.29, 1.82) is 0 Å². The minimum Gasteiger partial charge on any atom is -0.352 e. The number of anilines is 2. The first-order valence-electron chi connectivity index (χ1n) is 7.19. The molecule has 110 valence electrons. The van der Waals surface area contributed by atoms with E-state index in [-0.39, 0.29) is 5.91 Å². The number of nitrogens with one attached hydrogen (secondary N) is 2. The minimum absolute atomic E-state index is 0.141.